The van der Waals surface area contributed by atoms with Crippen LogP contribution in [0.25, 0.3) is 0 Å². The summed E-state index contributed by atoms with van der Waals surface area (Å²) in [5.74, 6) is -0.358. The monoisotopic (exact) mass is 248 g/mol. The highest BCUT2D eigenvalue weighted by Crippen LogP contribution is 2.36. The molecule has 0 radical (unpaired) electrons. The van der Waals surface area contributed by atoms with Gasteiger partial charge in [-0.2, -0.15) is 0 Å². The summed E-state index contributed by atoms with van der Waals surface area (Å²) in [6, 6.07) is 8.71. The van der Waals surface area contributed by atoms with Crippen LogP contribution in [0.5, 0.6) is 0 Å². The van der Waals surface area contributed by atoms with Crippen molar-refractivity contribution in [2.24, 2.45) is 0 Å². The number of benzene rings is 1. The molecular formula is C13H16N2O3. The summed E-state index contributed by atoms with van der Waals surface area (Å²) in [4.78, 5) is 26.7. The maximum absolute atomic E-state index is 12.4. The van der Waals surface area contributed by atoms with E-state index in [-0.39, 0.29) is 11.9 Å². The van der Waals surface area contributed by atoms with E-state index < -0.39 is 5.72 Å². The summed E-state index contributed by atoms with van der Waals surface area (Å²) < 4.78 is 5.66. The van der Waals surface area contributed by atoms with Crippen LogP contribution in [0.15, 0.2) is 30.3 Å². The van der Waals surface area contributed by atoms with Gasteiger partial charge < -0.3 is 4.74 Å². The number of hydrogen-bond donors (Lipinski definition) is 0. The molecule has 1 unspecified atom stereocenters. The standard InChI is InChI=1S/C13H16N2O3/c1-4-18-13(10-8-6-5-7-9-10)11(16)14(2)12(17)15(13)3/h5-9H,4H2,1-3H3. The molecule has 0 N–H and O–H groups in total. The molecule has 3 amide bonds. The Labute approximate surface area is 106 Å². The zero-order valence-corrected chi connectivity index (χ0v) is 10.7. The SMILES string of the molecule is CCOC1(c2ccccc2)C(=O)N(C)C(=O)N1C. The zero-order valence-electron chi connectivity index (χ0n) is 10.7. The van der Waals surface area contributed by atoms with Crippen LogP contribution >= 0.6 is 0 Å². The molecule has 5 nitrogen and oxygen atoms in total. The molecule has 0 aliphatic carbocycles. The number of carbonyl (C=O) groups is 2. The number of ether oxygens (including phenoxy) is 1. The third-order valence-electron chi connectivity index (χ3n) is 3.16. The minimum atomic E-state index is -1.33. The number of imide groups is 1. The molecule has 5 heteroatoms. The number of rotatable bonds is 3. The Bertz CT molecular complexity index is 474. The van der Waals surface area contributed by atoms with Crippen molar-refractivity contribution in [3.05, 3.63) is 35.9 Å². The Morgan fingerprint density at radius 2 is 1.78 bits per heavy atom. The lowest BCUT2D eigenvalue weighted by Gasteiger charge is -2.32. The fraction of sp³-hybridized carbons (Fsp3) is 0.385. The fourth-order valence-electron chi connectivity index (χ4n) is 2.25. The highest BCUT2D eigenvalue weighted by Gasteiger charge is 2.56. The number of urea groups is 1. The molecule has 0 spiro atoms. The quantitative estimate of drug-likeness (QED) is 0.760. The maximum Gasteiger partial charge on any atom is 0.329 e. The number of likely N-dealkylation sites (N-methyl/N-ethyl adjacent to an activating group) is 2. The van der Waals surface area contributed by atoms with Crippen LogP contribution in [0, 0.1) is 0 Å². The van der Waals surface area contributed by atoms with Gasteiger partial charge in [0.25, 0.3) is 11.6 Å². The third-order valence-corrected chi connectivity index (χ3v) is 3.16. The first-order valence-electron chi connectivity index (χ1n) is 5.81. The van der Waals surface area contributed by atoms with Crippen molar-refractivity contribution >= 4 is 11.9 Å². The first-order valence-corrected chi connectivity index (χ1v) is 5.81. The molecule has 0 saturated carbocycles. The summed E-state index contributed by atoms with van der Waals surface area (Å²) in [7, 11) is 3.04. The van der Waals surface area contributed by atoms with Gasteiger partial charge in [0.15, 0.2) is 0 Å². The lowest BCUT2D eigenvalue weighted by molar-refractivity contribution is -0.165. The van der Waals surface area contributed by atoms with Gasteiger partial charge in [0, 0.05) is 26.3 Å². The second-order valence-corrected chi connectivity index (χ2v) is 4.15. The normalized spacial score (nSPS) is 23.9. The lowest BCUT2D eigenvalue weighted by Crippen LogP contribution is -2.47. The molecule has 2 rings (SSSR count). The molecule has 96 valence electrons. The van der Waals surface area contributed by atoms with E-state index in [0.717, 1.165) is 4.90 Å². The van der Waals surface area contributed by atoms with Crippen molar-refractivity contribution in [2.45, 2.75) is 12.6 Å². The van der Waals surface area contributed by atoms with Crippen molar-refractivity contribution in [2.75, 3.05) is 20.7 Å². The topological polar surface area (TPSA) is 49.9 Å². The Kier molecular flexibility index (Phi) is 3.09. The third kappa shape index (κ3) is 1.51. The summed E-state index contributed by atoms with van der Waals surface area (Å²) in [5, 5.41) is 0. The molecule has 1 saturated heterocycles. The van der Waals surface area contributed by atoms with E-state index in [4.69, 9.17) is 4.74 Å². The first-order chi connectivity index (χ1) is 8.55. The number of carbonyl (C=O) groups excluding carboxylic acids is 2. The van der Waals surface area contributed by atoms with Crippen molar-refractivity contribution < 1.29 is 14.3 Å². The van der Waals surface area contributed by atoms with Gasteiger partial charge in [-0.25, -0.2) is 4.79 Å². The smallest absolute Gasteiger partial charge is 0.329 e. The van der Waals surface area contributed by atoms with Crippen LogP contribution in [-0.2, 0) is 15.3 Å². The predicted molar refractivity (Wildman–Crippen MR) is 65.7 cm³/mol. The van der Waals surface area contributed by atoms with Gasteiger partial charge in [-0.3, -0.25) is 14.6 Å². The van der Waals surface area contributed by atoms with Gasteiger partial charge in [-0.15, -0.1) is 0 Å². The van der Waals surface area contributed by atoms with Gasteiger partial charge in [0.05, 0.1) is 0 Å². The molecule has 0 bridgehead atoms. The van der Waals surface area contributed by atoms with E-state index >= 15 is 0 Å². The predicted octanol–water partition coefficient (Wildman–Crippen LogP) is 1.40. The van der Waals surface area contributed by atoms with Gasteiger partial charge >= 0.3 is 6.03 Å². The molecule has 1 fully saturated rings. The molecular weight excluding hydrogens is 232 g/mol. The summed E-state index contributed by atoms with van der Waals surface area (Å²) in [6.07, 6.45) is 0. The molecule has 1 atom stereocenters. The minimum absolute atomic E-state index is 0.339. The highest BCUT2D eigenvalue weighted by molar-refractivity contribution is 6.06. The van der Waals surface area contributed by atoms with Crippen LogP contribution in [0.2, 0.25) is 0 Å². The van der Waals surface area contributed by atoms with Crippen LogP contribution in [0.4, 0.5) is 4.79 Å². The second kappa shape index (κ2) is 4.42. The largest absolute Gasteiger partial charge is 0.344 e. The molecule has 1 aromatic carbocycles. The van der Waals surface area contributed by atoms with Crippen LogP contribution in [-0.4, -0.2) is 42.4 Å². The van der Waals surface area contributed by atoms with E-state index in [1.807, 2.05) is 18.2 Å². The zero-order chi connectivity index (χ0) is 13.3. The average molecular weight is 248 g/mol. The van der Waals surface area contributed by atoms with Crippen LogP contribution in [0.1, 0.15) is 12.5 Å². The van der Waals surface area contributed by atoms with Crippen molar-refractivity contribution in [3.63, 3.8) is 0 Å². The van der Waals surface area contributed by atoms with E-state index in [2.05, 4.69) is 0 Å². The first kappa shape index (κ1) is 12.6. The van der Waals surface area contributed by atoms with Crippen LogP contribution < -0.4 is 0 Å². The number of hydrogen-bond acceptors (Lipinski definition) is 3. The Hall–Kier alpha value is -1.88. The van der Waals surface area contributed by atoms with E-state index in [0.29, 0.717) is 12.2 Å². The maximum atomic E-state index is 12.4. The summed E-state index contributed by atoms with van der Waals surface area (Å²) >= 11 is 0. The molecule has 1 aliphatic rings. The van der Waals surface area contributed by atoms with Crippen LogP contribution in [0.3, 0.4) is 0 Å². The highest BCUT2D eigenvalue weighted by atomic mass is 16.5. The van der Waals surface area contributed by atoms with Crippen molar-refractivity contribution in [3.8, 4) is 0 Å². The molecule has 1 heterocycles. The molecule has 0 aromatic heterocycles. The summed E-state index contributed by atoms with van der Waals surface area (Å²) in [5.41, 5.74) is -0.668. The fourth-order valence-corrected chi connectivity index (χ4v) is 2.25. The molecule has 18 heavy (non-hydrogen) atoms. The molecule has 1 aliphatic heterocycles. The van der Waals surface area contributed by atoms with Gasteiger partial charge in [-0.05, 0) is 6.92 Å². The second-order valence-electron chi connectivity index (χ2n) is 4.15. The van der Waals surface area contributed by atoms with Crippen molar-refractivity contribution in [1.29, 1.82) is 0 Å². The Morgan fingerprint density at radius 1 is 1.17 bits per heavy atom. The Balaban J connectivity index is 2.58. The van der Waals surface area contributed by atoms with E-state index in [1.165, 1.54) is 11.9 Å². The Morgan fingerprint density at radius 3 is 2.22 bits per heavy atom. The van der Waals surface area contributed by atoms with E-state index in [1.54, 1.807) is 26.1 Å². The minimum Gasteiger partial charge on any atom is -0.344 e. The average Bonchev–Trinajstić information content (AvgIpc) is 2.56. The molecule has 1 aromatic rings. The number of nitrogens with zero attached hydrogens (tertiary/aromatic N) is 2. The van der Waals surface area contributed by atoms with E-state index in [9.17, 15) is 9.59 Å². The van der Waals surface area contributed by atoms with Gasteiger partial charge in [-0.1, -0.05) is 30.3 Å². The van der Waals surface area contributed by atoms with Gasteiger partial charge in [0.1, 0.15) is 0 Å². The lowest BCUT2D eigenvalue weighted by atomic mass is 10.0. The van der Waals surface area contributed by atoms with Gasteiger partial charge in [0.2, 0.25) is 0 Å². The summed E-state index contributed by atoms with van der Waals surface area (Å²) in [6.45, 7) is 2.14. The number of amides is 3. The van der Waals surface area contributed by atoms with Crippen molar-refractivity contribution in [1.82, 2.24) is 9.80 Å².